The highest BCUT2D eigenvalue weighted by Crippen LogP contribution is 2.38. The molecule has 0 saturated carbocycles. The number of piperazine rings is 2. The van der Waals surface area contributed by atoms with Crippen molar-refractivity contribution in [3.05, 3.63) is 178 Å². The summed E-state index contributed by atoms with van der Waals surface area (Å²) in [6.07, 6.45) is -3.34. The first kappa shape index (κ1) is 62.4. The maximum atomic E-state index is 14.0. The normalized spacial score (nSPS) is 16.4. The van der Waals surface area contributed by atoms with Gasteiger partial charge in [-0.05, 0) is 96.0 Å². The summed E-state index contributed by atoms with van der Waals surface area (Å²) in [7, 11) is 0. The van der Waals surface area contributed by atoms with Crippen molar-refractivity contribution in [1.29, 1.82) is 0 Å². The van der Waals surface area contributed by atoms with Gasteiger partial charge in [-0.15, -0.1) is 0 Å². The van der Waals surface area contributed by atoms with Crippen LogP contribution in [0, 0.1) is 23.5 Å². The number of halogens is 8. The van der Waals surface area contributed by atoms with Gasteiger partial charge in [-0.3, -0.25) is 19.2 Å². The number of amides is 2. The summed E-state index contributed by atoms with van der Waals surface area (Å²) in [5, 5.41) is 0. The van der Waals surface area contributed by atoms with Gasteiger partial charge in [0.25, 0.3) is 12.0 Å². The fourth-order valence-electron chi connectivity index (χ4n) is 11.3. The molecule has 0 N–H and O–H groups in total. The Morgan fingerprint density at radius 3 is 1.25 bits per heavy atom. The fourth-order valence-corrected chi connectivity index (χ4v) is 11.3. The fraction of sp³-hybridized carbons (Fsp3) is 0.406. The Kier molecular flexibility index (Phi) is 19.5. The number of oxazole rings is 2. The first-order chi connectivity index (χ1) is 42.2. The largest absolute Gasteiger partial charge is 0.437 e. The number of carbonyl (C=O) groups excluding carboxylic acids is 4. The molecule has 3 aromatic carbocycles. The number of anilines is 4. The second-order valence-corrected chi connectivity index (χ2v) is 22.7. The Morgan fingerprint density at radius 1 is 0.466 bits per heavy atom. The van der Waals surface area contributed by atoms with E-state index in [-0.39, 0.29) is 49.5 Å². The molecule has 16 nitrogen and oxygen atoms in total. The molecule has 0 spiro atoms. The number of rotatable bonds is 16. The molecule has 0 bridgehead atoms. The molecule has 11 rings (SSSR count). The number of Topliss-reactive ketones (excluding diaryl/α,β-unsaturated/α-hetero) is 2. The average molecular weight is 1220 g/mol. The van der Waals surface area contributed by atoms with Crippen molar-refractivity contribution >= 4 is 47.0 Å². The highest BCUT2D eigenvalue weighted by Gasteiger charge is 2.43. The molecule has 4 aliphatic rings. The summed E-state index contributed by atoms with van der Waals surface area (Å²) in [5.41, 5.74) is 0.204. The van der Waals surface area contributed by atoms with Crippen LogP contribution in [0.4, 0.5) is 58.8 Å². The van der Waals surface area contributed by atoms with Crippen LogP contribution < -0.4 is 19.6 Å². The van der Waals surface area contributed by atoms with E-state index in [1.165, 1.54) is 30.1 Å². The SMILES string of the molecule is CC1CCN(c2nc(C(F)(F)F)c(C(=O)Cc3ccc(N4CCN(C(=O)Cc5ccccc5F)CC4)nc3)o2)CC1.O=C(Cc1ccc(N2CCN(C(=O)Cc3ccccc3F)CC2)nc1)c1oc(N2CCC(Cc3ccccc3)CC2)nc1C(F)(F)F. The number of benzene rings is 3. The van der Waals surface area contributed by atoms with Crippen molar-refractivity contribution in [2.24, 2.45) is 11.8 Å². The number of hydrogen-bond acceptors (Lipinski definition) is 14. The molecule has 4 aromatic heterocycles. The maximum absolute atomic E-state index is 14.0. The maximum Gasteiger partial charge on any atom is 0.437 e. The molecular weight excluding hydrogens is 1160 g/mol. The van der Waals surface area contributed by atoms with Gasteiger partial charge in [-0.2, -0.15) is 36.3 Å². The predicted molar refractivity (Wildman–Crippen MR) is 311 cm³/mol. The van der Waals surface area contributed by atoms with Gasteiger partial charge in [-0.1, -0.05) is 85.8 Å². The summed E-state index contributed by atoms with van der Waals surface area (Å²) in [6.45, 7) is 7.91. The Bertz CT molecular complexity index is 3510. The van der Waals surface area contributed by atoms with E-state index in [4.69, 9.17) is 8.83 Å². The summed E-state index contributed by atoms with van der Waals surface area (Å²) >= 11 is 0. The lowest BCUT2D eigenvalue weighted by Gasteiger charge is -2.35. The van der Waals surface area contributed by atoms with Crippen LogP contribution in [0.5, 0.6) is 0 Å². The van der Waals surface area contributed by atoms with Gasteiger partial charge >= 0.3 is 12.4 Å². The number of carbonyl (C=O) groups is 4. The number of nitrogens with zero attached hydrogens (tertiary/aromatic N) is 10. The lowest BCUT2D eigenvalue weighted by molar-refractivity contribution is -0.142. The zero-order valence-corrected chi connectivity index (χ0v) is 48.4. The number of aromatic nitrogens is 4. The third-order valence-corrected chi connectivity index (χ3v) is 16.4. The van der Waals surface area contributed by atoms with Crippen LogP contribution in [-0.4, -0.2) is 132 Å². The van der Waals surface area contributed by atoms with E-state index in [1.807, 2.05) is 28.0 Å². The molecule has 4 aliphatic heterocycles. The summed E-state index contributed by atoms with van der Waals surface area (Å²) in [5.74, 6) is -2.23. The second kappa shape index (κ2) is 27.6. The van der Waals surface area contributed by atoms with Crippen molar-refractivity contribution in [2.75, 3.05) is 98.1 Å². The lowest BCUT2D eigenvalue weighted by atomic mass is 9.90. The third-order valence-electron chi connectivity index (χ3n) is 16.4. The first-order valence-corrected chi connectivity index (χ1v) is 29.4. The van der Waals surface area contributed by atoms with Crippen LogP contribution in [0.25, 0.3) is 0 Å². The molecule has 24 heteroatoms. The minimum atomic E-state index is -4.85. The zero-order chi connectivity index (χ0) is 62.1. The van der Waals surface area contributed by atoms with Crippen LogP contribution >= 0.6 is 0 Å². The predicted octanol–water partition coefficient (Wildman–Crippen LogP) is 10.8. The van der Waals surface area contributed by atoms with Gasteiger partial charge in [0.2, 0.25) is 34.9 Å². The van der Waals surface area contributed by atoms with Gasteiger partial charge in [0.05, 0.1) is 12.8 Å². The van der Waals surface area contributed by atoms with E-state index in [0.29, 0.717) is 124 Å². The quantitative estimate of drug-likeness (QED) is 0.0663. The van der Waals surface area contributed by atoms with E-state index < -0.39 is 58.5 Å². The van der Waals surface area contributed by atoms with Crippen molar-refractivity contribution in [1.82, 2.24) is 29.7 Å². The van der Waals surface area contributed by atoms with Crippen LogP contribution in [0.2, 0.25) is 0 Å². The van der Waals surface area contributed by atoms with Gasteiger partial charge in [-0.25, -0.2) is 18.7 Å². The topological polar surface area (TPSA) is 166 Å². The van der Waals surface area contributed by atoms with Gasteiger partial charge in [0.15, 0.2) is 11.4 Å². The van der Waals surface area contributed by atoms with Gasteiger partial charge < -0.3 is 38.2 Å². The average Bonchev–Trinajstić information content (AvgIpc) is 4.33. The Hall–Kier alpha value is -8.70. The van der Waals surface area contributed by atoms with Crippen LogP contribution in [-0.2, 0) is 54.0 Å². The Balaban J connectivity index is 0.000000196. The summed E-state index contributed by atoms with van der Waals surface area (Å²) < 4.78 is 122. The molecule has 4 fully saturated rings. The monoisotopic (exact) mass is 1220 g/mol. The van der Waals surface area contributed by atoms with Crippen molar-refractivity contribution in [3.63, 3.8) is 0 Å². The molecule has 464 valence electrons. The number of piperidine rings is 2. The number of ketones is 2. The van der Waals surface area contributed by atoms with Crippen LogP contribution in [0.3, 0.4) is 0 Å². The molecule has 2 amide bonds. The molecule has 4 saturated heterocycles. The number of hydrogen-bond donors (Lipinski definition) is 0. The molecule has 0 unspecified atom stereocenters. The number of alkyl halides is 6. The Labute approximate surface area is 503 Å². The van der Waals surface area contributed by atoms with E-state index >= 15 is 0 Å². The van der Waals surface area contributed by atoms with Crippen molar-refractivity contribution in [3.8, 4) is 0 Å². The van der Waals surface area contributed by atoms with Crippen molar-refractivity contribution in [2.45, 2.75) is 77.1 Å². The zero-order valence-electron chi connectivity index (χ0n) is 48.4. The lowest BCUT2D eigenvalue weighted by Crippen LogP contribution is -2.49. The summed E-state index contributed by atoms with van der Waals surface area (Å²) in [6, 6.07) is 28.8. The standard InChI is InChI=1S/C35H35F4N5O3.C29H31F4N5O3/c36-28-9-5-4-8-27(28)22-31(46)43-18-16-42(17-19-43)30-11-10-26(23-40-30)21-29(45)32-33(35(37,38)39)41-34(47-32)44-14-12-25(13-15-44)20-24-6-2-1-3-7-24;1-19-8-10-38(11-9-19)28-35-27(29(31,32)33)26(41-28)23(39)16-20-6-7-24(34-18-20)36-12-14-37(15-13-36)25(40)17-21-4-2-3-5-22(21)30/h1-11,23,25H,12-22H2;2-7,18-19H,8-17H2,1H3. The molecule has 0 radical (unpaired) electrons. The van der Waals surface area contributed by atoms with E-state index in [0.717, 1.165) is 32.1 Å². The Morgan fingerprint density at radius 2 is 0.864 bits per heavy atom. The smallest absolute Gasteiger partial charge is 0.420 e. The highest BCUT2D eigenvalue weighted by atomic mass is 19.4. The van der Waals surface area contributed by atoms with Gasteiger partial charge in [0, 0.05) is 104 Å². The molecule has 8 heterocycles. The molecule has 0 atom stereocenters. The second-order valence-electron chi connectivity index (χ2n) is 22.7. The van der Waals surface area contributed by atoms with Crippen LogP contribution in [0.1, 0.15) is 92.9 Å². The molecule has 0 aliphatic carbocycles. The molecular formula is C64H66F8N10O6. The van der Waals surface area contributed by atoms with E-state index in [1.54, 1.807) is 80.3 Å². The summed E-state index contributed by atoms with van der Waals surface area (Å²) in [4.78, 5) is 78.2. The van der Waals surface area contributed by atoms with Crippen LogP contribution in [0.15, 0.2) is 124 Å². The molecule has 7 aromatic rings. The highest BCUT2D eigenvalue weighted by molar-refractivity contribution is 5.97. The van der Waals surface area contributed by atoms with Crippen molar-refractivity contribution < 1.29 is 63.1 Å². The minimum Gasteiger partial charge on any atom is -0.420 e. The minimum absolute atomic E-state index is 0.00633. The van der Waals surface area contributed by atoms with E-state index in [9.17, 15) is 54.3 Å². The first-order valence-electron chi connectivity index (χ1n) is 29.4. The van der Waals surface area contributed by atoms with E-state index in [2.05, 4.69) is 39.0 Å². The van der Waals surface area contributed by atoms with Gasteiger partial charge in [0.1, 0.15) is 23.3 Å². The number of pyridine rings is 2. The molecule has 88 heavy (non-hydrogen) atoms. The third kappa shape index (κ3) is 15.7.